The largest absolute Gasteiger partial charge is 0.871 e. The number of quaternary nitrogens is 1. The minimum absolute atomic E-state index is 0.0282. The number of rotatable bonds is 5. The summed E-state index contributed by atoms with van der Waals surface area (Å²) in [6.45, 7) is 7.79. The number of Topliss-reactive ketones (excluding diaryl/α,β-unsaturated/α-hetero) is 1. The highest BCUT2D eigenvalue weighted by Crippen LogP contribution is 2.38. The van der Waals surface area contributed by atoms with E-state index in [-0.39, 0.29) is 5.57 Å². The van der Waals surface area contributed by atoms with Gasteiger partial charge in [-0.1, -0.05) is 11.8 Å². The van der Waals surface area contributed by atoms with E-state index in [9.17, 15) is 14.7 Å². The van der Waals surface area contributed by atoms with Gasteiger partial charge in [-0.15, -0.1) is 0 Å². The van der Waals surface area contributed by atoms with Gasteiger partial charge in [-0.2, -0.15) is 0 Å². The third kappa shape index (κ3) is 3.76. The molecule has 1 atom stereocenters. The van der Waals surface area contributed by atoms with Crippen LogP contribution in [0.25, 0.3) is 11.4 Å². The smallest absolute Gasteiger partial charge is 0.295 e. The predicted octanol–water partition coefficient (Wildman–Crippen LogP) is -0.515. The fraction of sp³-hybridized carbons (Fsp3) is 0.360. The van der Waals surface area contributed by atoms with E-state index in [2.05, 4.69) is 9.97 Å². The van der Waals surface area contributed by atoms with Crippen LogP contribution < -0.4 is 10.0 Å². The number of ketones is 1. The molecule has 3 aromatic rings. The van der Waals surface area contributed by atoms with Crippen molar-refractivity contribution in [2.75, 3.05) is 39.4 Å². The molecule has 2 aliphatic rings. The second kappa shape index (κ2) is 9.00. The average molecular weight is 462 g/mol. The number of aryl methyl sites for hydroxylation is 2. The third-order valence-corrected chi connectivity index (χ3v) is 6.69. The number of ether oxygens (including phenoxy) is 1. The number of hydrogen-bond donors (Lipinski definition) is 1. The Morgan fingerprint density at radius 3 is 2.65 bits per heavy atom. The number of amides is 1. The minimum Gasteiger partial charge on any atom is -0.871 e. The van der Waals surface area contributed by atoms with Gasteiger partial charge >= 0.3 is 0 Å². The van der Waals surface area contributed by atoms with Gasteiger partial charge in [0.05, 0.1) is 43.7 Å². The fourth-order valence-corrected chi connectivity index (χ4v) is 4.90. The van der Waals surface area contributed by atoms with Gasteiger partial charge in [0.1, 0.15) is 18.7 Å². The number of likely N-dealkylation sites (tertiary alicyclic amines) is 1. The first-order chi connectivity index (χ1) is 16.5. The quantitative estimate of drug-likeness (QED) is 0.312. The number of carbonyl (C=O) groups excluding carboxylic acids is 2. The number of imidazole rings is 1. The van der Waals surface area contributed by atoms with Crippen LogP contribution >= 0.6 is 0 Å². The zero-order chi connectivity index (χ0) is 23.8. The third-order valence-electron chi connectivity index (χ3n) is 6.69. The maximum absolute atomic E-state index is 13.9. The highest BCUT2D eigenvalue weighted by molar-refractivity contribution is 6.46. The standard InChI is InChI=1S/C25H27N5O4/c1-16-4-3-9-29-20(17(2)27-24(16)29)22(31)19-21(18-5-7-26-8-6-18)30(25(33)23(19)32)11-10-28-12-14-34-15-13-28/h3-9,21,31H,10-15H2,1-2H3. The molecule has 5 heterocycles. The van der Waals surface area contributed by atoms with Crippen LogP contribution in [0.3, 0.4) is 0 Å². The van der Waals surface area contributed by atoms with Crippen LogP contribution in [0.4, 0.5) is 0 Å². The summed E-state index contributed by atoms with van der Waals surface area (Å²) < 4.78 is 7.14. The van der Waals surface area contributed by atoms with Crippen LogP contribution in [0.15, 0.2) is 48.4 Å². The molecule has 0 radical (unpaired) electrons. The number of pyridine rings is 2. The fourth-order valence-electron chi connectivity index (χ4n) is 4.90. The Labute approximate surface area is 197 Å². The van der Waals surface area contributed by atoms with Crippen molar-refractivity contribution in [3.05, 3.63) is 70.9 Å². The molecule has 2 fully saturated rings. The average Bonchev–Trinajstić information content (AvgIpc) is 3.33. The molecule has 0 aromatic carbocycles. The number of carbonyl (C=O) groups is 2. The lowest BCUT2D eigenvalue weighted by Gasteiger charge is -2.30. The van der Waals surface area contributed by atoms with Crippen LogP contribution in [0.1, 0.15) is 28.6 Å². The van der Waals surface area contributed by atoms with E-state index in [0.717, 1.165) is 18.7 Å². The van der Waals surface area contributed by atoms with Gasteiger partial charge in [0, 0.05) is 24.2 Å². The summed E-state index contributed by atoms with van der Waals surface area (Å²) in [5, 5.41) is 13.9. The molecule has 9 nitrogen and oxygen atoms in total. The molecule has 1 unspecified atom stereocenters. The molecular weight excluding hydrogens is 434 g/mol. The first-order valence-electron chi connectivity index (χ1n) is 11.5. The van der Waals surface area contributed by atoms with Crippen LogP contribution in [-0.4, -0.2) is 70.4 Å². The number of aromatic nitrogens is 3. The zero-order valence-electron chi connectivity index (χ0n) is 19.3. The lowest BCUT2D eigenvalue weighted by atomic mass is 9.97. The Bertz CT molecular complexity index is 1280. The van der Waals surface area contributed by atoms with E-state index in [1.54, 1.807) is 42.0 Å². The molecule has 176 valence electrons. The molecule has 3 aromatic heterocycles. The van der Waals surface area contributed by atoms with Crippen LogP contribution in [0.2, 0.25) is 0 Å². The lowest BCUT2D eigenvalue weighted by molar-refractivity contribution is -0.907. The second-order valence-electron chi connectivity index (χ2n) is 8.80. The predicted molar refractivity (Wildman–Crippen MR) is 122 cm³/mol. The van der Waals surface area contributed by atoms with E-state index in [4.69, 9.17) is 4.74 Å². The Hall–Kier alpha value is -3.56. The maximum atomic E-state index is 13.9. The van der Waals surface area contributed by atoms with E-state index in [1.807, 2.05) is 19.1 Å². The summed E-state index contributed by atoms with van der Waals surface area (Å²) in [5.41, 5.74) is 3.08. The molecular formula is C25H27N5O4. The topological polar surface area (TPSA) is 104 Å². The SMILES string of the molecule is Cc1nc2c(C)cccn2c1C([O-])=C1C(=O)C(=O)N(CC[NH+]2CCOCC2)C1c1ccncc1. The monoisotopic (exact) mass is 461 g/mol. The summed E-state index contributed by atoms with van der Waals surface area (Å²) in [5.74, 6) is -1.84. The van der Waals surface area contributed by atoms with Crippen LogP contribution in [-0.2, 0) is 14.3 Å². The summed E-state index contributed by atoms with van der Waals surface area (Å²) in [4.78, 5) is 37.9. The maximum Gasteiger partial charge on any atom is 0.295 e. The van der Waals surface area contributed by atoms with E-state index < -0.39 is 23.5 Å². The number of nitrogens with one attached hydrogen (secondary N) is 1. The molecule has 0 aliphatic carbocycles. The molecule has 2 aliphatic heterocycles. The van der Waals surface area contributed by atoms with Crippen molar-refractivity contribution in [2.24, 2.45) is 0 Å². The number of hydrogen-bond acceptors (Lipinski definition) is 6. The summed E-state index contributed by atoms with van der Waals surface area (Å²) in [6, 6.07) is 6.51. The van der Waals surface area contributed by atoms with E-state index in [1.165, 1.54) is 9.80 Å². The molecule has 34 heavy (non-hydrogen) atoms. The molecule has 1 amide bonds. The second-order valence-corrected chi connectivity index (χ2v) is 8.80. The van der Waals surface area contributed by atoms with Crippen molar-refractivity contribution in [1.29, 1.82) is 0 Å². The van der Waals surface area contributed by atoms with Crippen LogP contribution in [0, 0.1) is 13.8 Å². The van der Waals surface area contributed by atoms with Gasteiger partial charge in [0.25, 0.3) is 5.91 Å². The van der Waals surface area contributed by atoms with Crippen molar-refractivity contribution < 1.29 is 24.3 Å². The number of nitrogens with zero attached hydrogens (tertiary/aromatic N) is 4. The van der Waals surface area contributed by atoms with Crippen molar-refractivity contribution in [1.82, 2.24) is 19.3 Å². The molecule has 0 saturated carbocycles. The van der Waals surface area contributed by atoms with Gasteiger partial charge < -0.3 is 24.0 Å². The Morgan fingerprint density at radius 1 is 1.18 bits per heavy atom. The Morgan fingerprint density at radius 2 is 1.91 bits per heavy atom. The first-order valence-corrected chi connectivity index (χ1v) is 11.5. The lowest BCUT2D eigenvalue weighted by Crippen LogP contribution is -3.14. The zero-order valence-corrected chi connectivity index (χ0v) is 19.3. The number of fused-ring (bicyclic) bond motifs is 1. The van der Waals surface area contributed by atoms with Crippen molar-refractivity contribution >= 4 is 23.1 Å². The molecule has 2 saturated heterocycles. The van der Waals surface area contributed by atoms with Crippen molar-refractivity contribution in [3.63, 3.8) is 0 Å². The van der Waals surface area contributed by atoms with Gasteiger partial charge in [-0.3, -0.25) is 14.6 Å². The molecule has 1 N–H and O–H groups in total. The van der Waals surface area contributed by atoms with Gasteiger partial charge in [-0.25, -0.2) is 4.98 Å². The summed E-state index contributed by atoms with van der Waals surface area (Å²) in [6.07, 6.45) is 4.98. The highest BCUT2D eigenvalue weighted by Gasteiger charge is 2.44. The summed E-state index contributed by atoms with van der Waals surface area (Å²) >= 11 is 0. The highest BCUT2D eigenvalue weighted by atomic mass is 16.5. The van der Waals surface area contributed by atoms with E-state index in [0.29, 0.717) is 48.9 Å². The van der Waals surface area contributed by atoms with Gasteiger partial charge in [-0.05, 0) is 43.2 Å². The van der Waals surface area contributed by atoms with Crippen LogP contribution in [0.5, 0.6) is 0 Å². The van der Waals surface area contributed by atoms with Crippen molar-refractivity contribution in [3.8, 4) is 0 Å². The molecule has 0 bridgehead atoms. The van der Waals surface area contributed by atoms with Gasteiger partial charge in [0.15, 0.2) is 0 Å². The van der Waals surface area contributed by atoms with Gasteiger partial charge in [0.2, 0.25) is 5.78 Å². The number of morpholine rings is 1. The normalized spacial score (nSPS) is 21.0. The van der Waals surface area contributed by atoms with Crippen molar-refractivity contribution in [2.45, 2.75) is 19.9 Å². The van der Waals surface area contributed by atoms with E-state index >= 15 is 0 Å². The Balaban J connectivity index is 1.61. The summed E-state index contributed by atoms with van der Waals surface area (Å²) in [7, 11) is 0. The molecule has 0 spiro atoms. The Kier molecular flexibility index (Phi) is 5.89. The molecule has 5 rings (SSSR count). The first kappa shape index (κ1) is 22.2. The molecule has 9 heteroatoms. The minimum atomic E-state index is -0.759.